The molecule has 5 nitrogen and oxygen atoms in total. The smallest absolute Gasteiger partial charge is 0.227 e. The molecule has 0 aliphatic carbocycles. The number of aryl methyl sites for hydroxylation is 1. The number of piperidine rings is 1. The van der Waals surface area contributed by atoms with Crippen molar-refractivity contribution < 1.29 is 4.79 Å². The number of hydrogen-bond acceptors (Lipinski definition) is 5. The number of amides is 1. The predicted octanol–water partition coefficient (Wildman–Crippen LogP) is 4.17. The van der Waals surface area contributed by atoms with E-state index in [1.807, 2.05) is 6.07 Å². The number of nitrogens with zero attached hydrogens (tertiary/aromatic N) is 4. The number of carbonyl (C=O) groups excluding carboxylic acids is 1. The molecule has 0 radical (unpaired) electrons. The fourth-order valence-electron chi connectivity index (χ4n) is 4.62. The molecular formula is C24H28N4OS. The first kappa shape index (κ1) is 19.4. The summed E-state index contributed by atoms with van der Waals surface area (Å²) in [5, 5.41) is 1.05. The number of benzene rings is 2. The molecule has 6 heteroatoms. The van der Waals surface area contributed by atoms with E-state index in [-0.39, 0.29) is 5.92 Å². The van der Waals surface area contributed by atoms with Crippen molar-refractivity contribution in [3.8, 4) is 0 Å². The highest BCUT2D eigenvalue weighted by molar-refractivity contribution is 7.22. The molecule has 2 fully saturated rings. The van der Waals surface area contributed by atoms with E-state index in [2.05, 4.69) is 64.1 Å². The number of thiazole rings is 1. The van der Waals surface area contributed by atoms with Crippen LogP contribution in [-0.4, -0.2) is 55.1 Å². The largest absolute Gasteiger partial charge is 0.368 e. The van der Waals surface area contributed by atoms with Crippen LogP contribution in [0.4, 0.5) is 10.8 Å². The van der Waals surface area contributed by atoms with E-state index in [0.29, 0.717) is 5.91 Å². The van der Waals surface area contributed by atoms with Gasteiger partial charge in [0.25, 0.3) is 0 Å². The molecule has 2 aliphatic heterocycles. The molecule has 3 aromatic rings. The minimum atomic E-state index is 0.0799. The summed E-state index contributed by atoms with van der Waals surface area (Å²) < 4.78 is 1.22. The molecular weight excluding hydrogens is 392 g/mol. The van der Waals surface area contributed by atoms with Crippen molar-refractivity contribution in [2.75, 3.05) is 49.1 Å². The van der Waals surface area contributed by atoms with Gasteiger partial charge in [-0.3, -0.25) is 4.79 Å². The van der Waals surface area contributed by atoms with Crippen molar-refractivity contribution in [2.24, 2.45) is 5.92 Å². The molecule has 30 heavy (non-hydrogen) atoms. The third kappa shape index (κ3) is 3.88. The van der Waals surface area contributed by atoms with Gasteiger partial charge in [0.2, 0.25) is 5.91 Å². The second kappa shape index (κ2) is 8.26. The monoisotopic (exact) mass is 420 g/mol. The number of piperazine rings is 1. The maximum absolute atomic E-state index is 13.3. The molecule has 2 aromatic carbocycles. The number of aromatic nitrogens is 1. The Kier molecular flexibility index (Phi) is 5.34. The van der Waals surface area contributed by atoms with E-state index in [9.17, 15) is 4.79 Å². The van der Waals surface area contributed by atoms with Crippen LogP contribution < -0.4 is 9.80 Å². The predicted molar refractivity (Wildman–Crippen MR) is 125 cm³/mol. The highest BCUT2D eigenvalue weighted by Gasteiger charge is 2.32. The number of rotatable bonds is 3. The van der Waals surface area contributed by atoms with Crippen molar-refractivity contribution in [1.82, 2.24) is 9.88 Å². The van der Waals surface area contributed by atoms with Crippen LogP contribution in [-0.2, 0) is 4.79 Å². The lowest BCUT2D eigenvalue weighted by atomic mass is 9.96. The average molecular weight is 421 g/mol. The normalized spacial score (nSPS) is 20.0. The second-order valence-electron chi connectivity index (χ2n) is 8.40. The molecule has 156 valence electrons. The highest BCUT2D eigenvalue weighted by atomic mass is 32.1. The Labute approximate surface area is 181 Å². The van der Waals surface area contributed by atoms with Gasteiger partial charge in [-0.25, -0.2) is 4.98 Å². The van der Waals surface area contributed by atoms with E-state index in [1.165, 1.54) is 16.0 Å². The first-order valence-corrected chi connectivity index (χ1v) is 11.7. The van der Waals surface area contributed by atoms with E-state index >= 15 is 0 Å². The number of para-hydroxylation sites is 1. The maximum Gasteiger partial charge on any atom is 0.227 e. The Balaban J connectivity index is 1.22. The van der Waals surface area contributed by atoms with Crippen molar-refractivity contribution >= 4 is 38.3 Å². The average Bonchev–Trinajstić information content (AvgIpc) is 3.23. The minimum Gasteiger partial charge on any atom is -0.368 e. The van der Waals surface area contributed by atoms with Gasteiger partial charge in [-0.15, -0.1) is 0 Å². The third-order valence-electron chi connectivity index (χ3n) is 6.28. The Hall–Kier alpha value is -2.60. The van der Waals surface area contributed by atoms with Crippen molar-refractivity contribution in [2.45, 2.75) is 19.8 Å². The zero-order chi connectivity index (χ0) is 20.5. The fraction of sp³-hybridized carbons (Fsp3) is 0.417. The van der Waals surface area contributed by atoms with Gasteiger partial charge in [-0.05, 0) is 49.6 Å². The standard InChI is InChI=1S/C24H28N4OS/c1-18-6-4-8-20(16-18)26-12-14-27(15-13-26)23(29)19-7-5-11-28(17-19)24-25-21-9-2-3-10-22(21)30-24/h2-4,6,8-10,16,19H,5,7,11-15,17H2,1H3. The fourth-order valence-corrected chi connectivity index (χ4v) is 5.62. The summed E-state index contributed by atoms with van der Waals surface area (Å²) in [7, 11) is 0. The third-order valence-corrected chi connectivity index (χ3v) is 7.38. The van der Waals surface area contributed by atoms with Crippen LogP contribution in [0.1, 0.15) is 18.4 Å². The molecule has 0 spiro atoms. The maximum atomic E-state index is 13.3. The molecule has 2 aliphatic rings. The van der Waals surface area contributed by atoms with Gasteiger partial charge >= 0.3 is 0 Å². The van der Waals surface area contributed by atoms with Gasteiger partial charge in [0.05, 0.1) is 16.1 Å². The van der Waals surface area contributed by atoms with Crippen molar-refractivity contribution in [3.05, 3.63) is 54.1 Å². The van der Waals surface area contributed by atoms with Crippen LogP contribution in [0, 0.1) is 12.8 Å². The summed E-state index contributed by atoms with van der Waals surface area (Å²) in [6, 6.07) is 16.9. The van der Waals surface area contributed by atoms with Crippen molar-refractivity contribution in [3.63, 3.8) is 0 Å². The summed E-state index contributed by atoms with van der Waals surface area (Å²) >= 11 is 1.74. The molecule has 0 saturated carbocycles. The first-order valence-electron chi connectivity index (χ1n) is 10.9. The zero-order valence-corrected chi connectivity index (χ0v) is 18.3. The Morgan fingerprint density at radius 3 is 2.63 bits per heavy atom. The van der Waals surface area contributed by atoms with Crippen LogP contribution in [0.5, 0.6) is 0 Å². The molecule has 2 saturated heterocycles. The van der Waals surface area contributed by atoms with Crippen LogP contribution in [0.3, 0.4) is 0 Å². The second-order valence-corrected chi connectivity index (χ2v) is 9.41. The molecule has 5 rings (SSSR count). The summed E-state index contributed by atoms with van der Waals surface area (Å²) in [5.74, 6) is 0.404. The summed E-state index contributed by atoms with van der Waals surface area (Å²) in [6.07, 6.45) is 2.04. The Morgan fingerprint density at radius 2 is 1.83 bits per heavy atom. The number of fused-ring (bicyclic) bond motifs is 1. The van der Waals surface area contributed by atoms with Crippen molar-refractivity contribution in [1.29, 1.82) is 0 Å². The molecule has 0 bridgehead atoms. The zero-order valence-electron chi connectivity index (χ0n) is 17.5. The highest BCUT2D eigenvalue weighted by Crippen LogP contribution is 2.32. The Bertz CT molecular complexity index is 1010. The number of hydrogen-bond donors (Lipinski definition) is 0. The van der Waals surface area contributed by atoms with Crippen LogP contribution in [0.25, 0.3) is 10.2 Å². The lowest BCUT2D eigenvalue weighted by molar-refractivity contribution is -0.136. The topological polar surface area (TPSA) is 39.7 Å². The van der Waals surface area contributed by atoms with Gasteiger partial charge in [-0.1, -0.05) is 35.6 Å². The van der Waals surface area contributed by atoms with Gasteiger partial charge in [-0.2, -0.15) is 0 Å². The molecule has 1 aromatic heterocycles. The molecule has 1 atom stereocenters. The summed E-state index contributed by atoms with van der Waals surface area (Å²) in [5.41, 5.74) is 3.60. The van der Waals surface area contributed by atoms with Gasteiger partial charge in [0, 0.05) is 45.0 Å². The van der Waals surface area contributed by atoms with Gasteiger partial charge < -0.3 is 14.7 Å². The van der Waals surface area contributed by atoms with Crippen LogP contribution in [0.2, 0.25) is 0 Å². The molecule has 1 unspecified atom stereocenters. The summed E-state index contributed by atoms with van der Waals surface area (Å²) in [4.78, 5) is 24.9. The van der Waals surface area contributed by atoms with Gasteiger partial charge in [0.1, 0.15) is 0 Å². The quantitative estimate of drug-likeness (QED) is 0.638. The minimum absolute atomic E-state index is 0.0799. The van der Waals surface area contributed by atoms with Gasteiger partial charge in [0.15, 0.2) is 5.13 Å². The van der Waals surface area contributed by atoms with Crippen LogP contribution >= 0.6 is 11.3 Å². The lowest BCUT2D eigenvalue weighted by Gasteiger charge is -2.39. The first-order chi connectivity index (χ1) is 14.7. The number of anilines is 2. The van der Waals surface area contributed by atoms with E-state index in [1.54, 1.807) is 11.3 Å². The van der Waals surface area contributed by atoms with Crippen LogP contribution in [0.15, 0.2) is 48.5 Å². The molecule has 0 N–H and O–H groups in total. The van der Waals surface area contributed by atoms with E-state index < -0.39 is 0 Å². The lowest BCUT2D eigenvalue weighted by Crippen LogP contribution is -2.52. The number of carbonyl (C=O) groups is 1. The molecule has 1 amide bonds. The van der Waals surface area contributed by atoms with E-state index in [4.69, 9.17) is 4.98 Å². The van der Waals surface area contributed by atoms with E-state index in [0.717, 1.165) is 62.8 Å². The SMILES string of the molecule is Cc1cccc(N2CCN(C(=O)C3CCCN(c4nc5ccccc5s4)C3)CC2)c1. The Morgan fingerprint density at radius 1 is 1.00 bits per heavy atom. The summed E-state index contributed by atoms with van der Waals surface area (Å²) in [6.45, 7) is 7.34. The molecule has 3 heterocycles.